The topological polar surface area (TPSA) is 18.5 Å². The summed E-state index contributed by atoms with van der Waals surface area (Å²) >= 11 is 0. The van der Waals surface area contributed by atoms with Crippen molar-refractivity contribution in [2.75, 3.05) is 26.7 Å². The van der Waals surface area contributed by atoms with Crippen molar-refractivity contribution in [3.8, 4) is 0 Å². The van der Waals surface area contributed by atoms with Gasteiger partial charge in [-0.05, 0) is 53.1 Å². The van der Waals surface area contributed by atoms with E-state index in [0.29, 0.717) is 6.04 Å². The van der Waals surface area contributed by atoms with E-state index in [1.54, 1.807) is 0 Å². The minimum Gasteiger partial charge on any atom is -0.314 e. The molecule has 0 amide bonds. The first-order chi connectivity index (χ1) is 9.11. The third-order valence-corrected chi connectivity index (χ3v) is 5.21. The van der Waals surface area contributed by atoms with Gasteiger partial charge < -0.3 is 10.2 Å². The van der Waals surface area contributed by atoms with Gasteiger partial charge in [-0.2, -0.15) is 0 Å². The number of rotatable bonds is 6. The molecular formula is C16H33N3. The molecule has 2 fully saturated rings. The Labute approximate surface area is 119 Å². The Morgan fingerprint density at radius 1 is 1.21 bits per heavy atom. The van der Waals surface area contributed by atoms with Crippen LogP contribution in [0.3, 0.4) is 0 Å². The van der Waals surface area contributed by atoms with E-state index < -0.39 is 0 Å². The molecule has 0 spiro atoms. The van der Waals surface area contributed by atoms with Gasteiger partial charge in [-0.1, -0.05) is 13.3 Å². The summed E-state index contributed by atoms with van der Waals surface area (Å²) in [7, 11) is 2.26. The summed E-state index contributed by atoms with van der Waals surface area (Å²) in [5.74, 6) is 0. The van der Waals surface area contributed by atoms with Gasteiger partial charge in [-0.3, -0.25) is 4.90 Å². The number of likely N-dealkylation sites (N-methyl/N-ethyl adjacent to an activating group) is 1. The summed E-state index contributed by atoms with van der Waals surface area (Å²) in [6, 6.07) is 3.13. The molecule has 2 unspecified atom stereocenters. The van der Waals surface area contributed by atoms with Crippen LogP contribution in [-0.4, -0.2) is 60.6 Å². The van der Waals surface area contributed by atoms with Crippen molar-refractivity contribution in [3.05, 3.63) is 0 Å². The molecular weight excluding hydrogens is 234 g/mol. The first kappa shape index (κ1) is 15.3. The smallest absolute Gasteiger partial charge is 0.0115 e. The number of piperidine rings is 2. The van der Waals surface area contributed by atoms with Gasteiger partial charge in [-0.15, -0.1) is 0 Å². The predicted molar refractivity (Wildman–Crippen MR) is 82.6 cm³/mol. The third-order valence-electron chi connectivity index (χ3n) is 5.21. The van der Waals surface area contributed by atoms with Crippen LogP contribution in [0.15, 0.2) is 0 Å². The normalized spacial score (nSPS) is 32.2. The van der Waals surface area contributed by atoms with E-state index in [2.05, 4.69) is 42.9 Å². The minimum atomic E-state index is 0.666. The van der Waals surface area contributed by atoms with Gasteiger partial charge in [0, 0.05) is 37.3 Å². The van der Waals surface area contributed by atoms with Crippen molar-refractivity contribution in [1.29, 1.82) is 0 Å². The van der Waals surface area contributed by atoms with Crippen molar-refractivity contribution in [2.45, 2.75) is 77.0 Å². The van der Waals surface area contributed by atoms with Crippen LogP contribution in [0.1, 0.15) is 52.9 Å². The second kappa shape index (κ2) is 7.05. The zero-order chi connectivity index (χ0) is 13.8. The SMILES string of the molecule is CCNC1CC2CCCC(C1)N2CCN(C)C(C)C. The lowest BCUT2D eigenvalue weighted by atomic mass is 9.81. The highest BCUT2D eigenvalue weighted by Crippen LogP contribution is 2.33. The van der Waals surface area contributed by atoms with Crippen LogP contribution in [0.4, 0.5) is 0 Å². The van der Waals surface area contributed by atoms with Crippen LogP contribution in [-0.2, 0) is 0 Å². The molecule has 2 rings (SSSR count). The van der Waals surface area contributed by atoms with Crippen molar-refractivity contribution in [2.24, 2.45) is 0 Å². The Balaban J connectivity index is 1.87. The molecule has 0 aromatic heterocycles. The average molecular weight is 267 g/mol. The van der Waals surface area contributed by atoms with Crippen LogP contribution >= 0.6 is 0 Å². The van der Waals surface area contributed by atoms with E-state index in [4.69, 9.17) is 0 Å². The Morgan fingerprint density at radius 3 is 2.37 bits per heavy atom. The monoisotopic (exact) mass is 267 g/mol. The van der Waals surface area contributed by atoms with Crippen molar-refractivity contribution >= 4 is 0 Å². The maximum Gasteiger partial charge on any atom is 0.0115 e. The Morgan fingerprint density at radius 2 is 1.84 bits per heavy atom. The Hall–Kier alpha value is -0.120. The molecule has 0 aromatic carbocycles. The maximum absolute atomic E-state index is 3.68. The molecule has 2 heterocycles. The van der Waals surface area contributed by atoms with Crippen molar-refractivity contribution in [3.63, 3.8) is 0 Å². The van der Waals surface area contributed by atoms with E-state index in [0.717, 1.165) is 24.7 Å². The van der Waals surface area contributed by atoms with Crippen molar-refractivity contribution < 1.29 is 0 Å². The van der Waals surface area contributed by atoms with Crippen LogP contribution in [0.2, 0.25) is 0 Å². The van der Waals surface area contributed by atoms with Gasteiger partial charge in [0.05, 0.1) is 0 Å². The van der Waals surface area contributed by atoms with Crippen LogP contribution in [0.5, 0.6) is 0 Å². The van der Waals surface area contributed by atoms with E-state index in [1.165, 1.54) is 45.2 Å². The van der Waals surface area contributed by atoms with Gasteiger partial charge in [0.1, 0.15) is 0 Å². The summed E-state index contributed by atoms with van der Waals surface area (Å²) in [5.41, 5.74) is 0. The standard InChI is InChI=1S/C16H33N3/c1-5-17-14-11-15-7-6-8-16(12-14)19(15)10-9-18(4)13(2)3/h13-17H,5-12H2,1-4H3. The summed E-state index contributed by atoms with van der Waals surface area (Å²) in [6.07, 6.45) is 7.03. The summed E-state index contributed by atoms with van der Waals surface area (Å²) in [6.45, 7) is 10.4. The van der Waals surface area contributed by atoms with Gasteiger partial charge in [0.15, 0.2) is 0 Å². The molecule has 0 saturated carbocycles. The number of hydrogen-bond donors (Lipinski definition) is 1. The quantitative estimate of drug-likeness (QED) is 0.797. The fourth-order valence-corrected chi connectivity index (χ4v) is 3.83. The summed E-state index contributed by atoms with van der Waals surface area (Å²) in [5, 5.41) is 3.68. The molecule has 2 bridgehead atoms. The molecule has 19 heavy (non-hydrogen) atoms. The lowest BCUT2D eigenvalue weighted by molar-refractivity contribution is 0.0174. The molecule has 2 aliphatic rings. The molecule has 1 N–H and O–H groups in total. The zero-order valence-corrected chi connectivity index (χ0v) is 13.4. The number of fused-ring (bicyclic) bond motifs is 2. The van der Waals surface area contributed by atoms with Crippen LogP contribution in [0.25, 0.3) is 0 Å². The first-order valence-corrected chi connectivity index (χ1v) is 8.31. The zero-order valence-electron chi connectivity index (χ0n) is 13.4. The molecule has 112 valence electrons. The highest BCUT2D eigenvalue weighted by molar-refractivity contribution is 4.95. The van der Waals surface area contributed by atoms with Gasteiger partial charge in [0.25, 0.3) is 0 Å². The molecule has 0 aromatic rings. The summed E-state index contributed by atoms with van der Waals surface area (Å²) in [4.78, 5) is 5.31. The van der Waals surface area contributed by atoms with E-state index in [9.17, 15) is 0 Å². The molecule has 2 aliphatic heterocycles. The molecule has 0 radical (unpaired) electrons. The second-order valence-corrected chi connectivity index (χ2v) is 6.78. The minimum absolute atomic E-state index is 0.666. The fraction of sp³-hybridized carbons (Fsp3) is 1.00. The molecule has 3 heteroatoms. The van der Waals surface area contributed by atoms with E-state index >= 15 is 0 Å². The van der Waals surface area contributed by atoms with E-state index in [-0.39, 0.29) is 0 Å². The van der Waals surface area contributed by atoms with Crippen molar-refractivity contribution in [1.82, 2.24) is 15.1 Å². The number of nitrogens with one attached hydrogen (secondary N) is 1. The molecule has 3 nitrogen and oxygen atoms in total. The highest BCUT2D eigenvalue weighted by Gasteiger charge is 2.37. The molecule has 2 saturated heterocycles. The molecule has 0 aliphatic carbocycles. The predicted octanol–water partition coefficient (Wildman–Crippen LogP) is 2.32. The van der Waals surface area contributed by atoms with Crippen LogP contribution < -0.4 is 5.32 Å². The number of hydrogen-bond acceptors (Lipinski definition) is 3. The van der Waals surface area contributed by atoms with Crippen LogP contribution in [0, 0.1) is 0 Å². The van der Waals surface area contributed by atoms with Gasteiger partial charge in [0.2, 0.25) is 0 Å². The average Bonchev–Trinajstić information content (AvgIpc) is 2.35. The Kier molecular flexibility index (Phi) is 5.67. The third kappa shape index (κ3) is 3.93. The second-order valence-electron chi connectivity index (χ2n) is 6.78. The van der Waals surface area contributed by atoms with Gasteiger partial charge in [-0.25, -0.2) is 0 Å². The lowest BCUT2D eigenvalue weighted by Gasteiger charge is -2.49. The van der Waals surface area contributed by atoms with Gasteiger partial charge >= 0.3 is 0 Å². The first-order valence-electron chi connectivity index (χ1n) is 8.31. The summed E-state index contributed by atoms with van der Waals surface area (Å²) < 4.78 is 0. The fourth-order valence-electron chi connectivity index (χ4n) is 3.83. The molecule has 2 atom stereocenters. The highest BCUT2D eigenvalue weighted by atomic mass is 15.2. The maximum atomic E-state index is 3.68. The Bertz CT molecular complexity index is 253. The number of nitrogens with zero attached hydrogens (tertiary/aromatic N) is 2. The lowest BCUT2D eigenvalue weighted by Crippen LogP contribution is -2.57. The largest absolute Gasteiger partial charge is 0.314 e. The van der Waals surface area contributed by atoms with E-state index in [1.807, 2.05) is 0 Å².